The van der Waals surface area contributed by atoms with E-state index in [-0.39, 0.29) is 5.78 Å². The quantitative estimate of drug-likeness (QED) is 0.607. The van der Waals surface area contributed by atoms with Crippen molar-refractivity contribution in [3.8, 4) is 0 Å². The molecule has 0 aromatic heterocycles. The van der Waals surface area contributed by atoms with Crippen molar-refractivity contribution in [2.75, 3.05) is 5.73 Å². The maximum absolute atomic E-state index is 12.5. The summed E-state index contributed by atoms with van der Waals surface area (Å²) >= 11 is 6.90. The molecule has 0 saturated heterocycles. The van der Waals surface area contributed by atoms with Crippen molar-refractivity contribution in [1.82, 2.24) is 0 Å². The van der Waals surface area contributed by atoms with Gasteiger partial charge in [0.15, 0.2) is 5.78 Å². The van der Waals surface area contributed by atoms with Gasteiger partial charge < -0.3 is 5.73 Å². The fraction of sp³-hybridized carbons (Fsp3) is 0.133. The smallest absolute Gasteiger partial charge is 0.194 e. The summed E-state index contributed by atoms with van der Waals surface area (Å²) in [5, 5.41) is 0. The number of anilines is 1. The van der Waals surface area contributed by atoms with Crippen LogP contribution < -0.4 is 5.73 Å². The van der Waals surface area contributed by atoms with Gasteiger partial charge in [0.1, 0.15) is 0 Å². The molecular weight excluding hydrogens is 370 g/mol. The number of carbonyl (C=O) groups excluding carboxylic acids is 1. The Hall–Kier alpha value is -1.13. The zero-order chi connectivity index (χ0) is 14.2. The molecule has 2 aromatic rings. The summed E-state index contributed by atoms with van der Waals surface area (Å²) in [6.45, 7) is 3.88. The third kappa shape index (κ3) is 2.90. The van der Waals surface area contributed by atoms with E-state index in [0.29, 0.717) is 16.8 Å². The van der Waals surface area contributed by atoms with Gasteiger partial charge in [-0.15, -0.1) is 0 Å². The highest BCUT2D eigenvalue weighted by Gasteiger charge is 2.15. The van der Waals surface area contributed by atoms with Gasteiger partial charge in [-0.1, -0.05) is 31.9 Å². The molecule has 0 aliphatic carbocycles. The van der Waals surface area contributed by atoms with Crippen molar-refractivity contribution in [1.29, 1.82) is 0 Å². The normalized spacial score (nSPS) is 10.5. The van der Waals surface area contributed by atoms with Gasteiger partial charge in [-0.25, -0.2) is 0 Å². The van der Waals surface area contributed by atoms with Crippen LogP contribution in [0, 0.1) is 13.8 Å². The van der Waals surface area contributed by atoms with E-state index in [0.717, 1.165) is 20.1 Å². The number of halogens is 2. The van der Waals surface area contributed by atoms with Gasteiger partial charge in [-0.3, -0.25) is 4.79 Å². The maximum Gasteiger partial charge on any atom is 0.194 e. The highest BCUT2D eigenvalue weighted by atomic mass is 79.9. The number of hydrogen-bond acceptors (Lipinski definition) is 2. The Morgan fingerprint density at radius 2 is 1.68 bits per heavy atom. The summed E-state index contributed by atoms with van der Waals surface area (Å²) in [5.74, 6) is -0.0179. The summed E-state index contributed by atoms with van der Waals surface area (Å²) in [5.41, 5.74) is 9.74. The van der Waals surface area contributed by atoms with Crippen LogP contribution in [-0.2, 0) is 0 Å². The lowest BCUT2D eigenvalue weighted by molar-refractivity contribution is 0.103. The Kier molecular flexibility index (Phi) is 4.11. The third-order valence-corrected chi connectivity index (χ3v) is 4.54. The van der Waals surface area contributed by atoms with Crippen molar-refractivity contribution in [2.45, 2.75) is 13.8 Å². The van der Waals surface area contributed by atoms with Crippen LogP contribution in [0.1, 0.15) is 27.0 Å². The highest BCUT2D eigenvalue weighted by Crippen LogP contribution is 2.28. The fourth-order valence-electron chi connectivity index (χ4n) is 1.79. The summed E-state index contributed by atoms with van der Waals surface area (Å²) < 4.78 is 1.72. The number of ketones is 1. The van der Waals surface area contributed by atoms with E-state index in [9.17, 15) is 4.79 Å². The number of aryl methyl sites for hydroxylation is 2. The first-order valence-electron chi connectivity index (χ1n) is 5.76. The van der Waals surface area contributed by atoms with Crippen molar-refractivity contribution in [3.05, 3.63) is 61.5 Å². The van der Waals surface area contributed by atoms with Crippen molar-refractivity contribution < 1.29 is 4.79 Å². The minimum Gasteiger partial charge on any atom is -0.399 e. The lowest BCUT2D eigenvalue weighted by Gasteiger charge is -2.08. The Bertz CT molecular complexity index is 665. The molecule has 0 fully saturated rings. The van der Waals surface area contributed by atoms with E-state index < -0.39 is 0 Å². The number of nitrogens with two attached hydrogens (primary N) is 1. The van der Waals surface area contributed by atoms with Crippen LogP contribution in [-0.4, -0.2) is 5.78 Å². The Morgan fingerprint density at radius 1 is 1.00 bits per heavy atom. The highest BCUT2D eigenvalue weighted by molar-refractivity contribution is 9.11. The van der Waals surface area contributed by atoms with Gasteiger partial charge in [0.25, 0.3) is 0 Å². The molecule has 0 amide bonds. The molecule has 2 aromatic carbocycles. The van der Waals surface area contributed by atoms with E-state index in [1.54, 1.807) is 12.1 Å². The molecule has 0 radical (unpaired) electrons. The van der Waals surface area contributed by atoms with Gasteiger partial charge in [0, 0.05) is 25.8 Å². The van der Waals surface area contributed by atoms with Crippen LogP contribution in [0.5, 0.6) is 0 Å². The van der Waals surface area contributed by atoms with Crippen LogP contribution in [0.25, 0.3) is 0 Å². The van der Waals surface area contributed by atoms with Crippen LogP contribution >= 0.6 is 31.9 Å². The fourth-order valence-corrected chi connectivity index (χ4v) is 2.77. The Balaban J connectivity index is 2.49. The third-order valence-electron chi connectivity index (χ3n) is 3.02. The van der Waals surface area contributed by atoms with E-state index in [1.807, 2.05) is 32.0 Å². The second-order valence-corrected chi connectivity index (χ2v) is 6.19. The van der Waals surface area contributed by atoms with Crippen molar-refractivity contribution in [2.24, 2.45) is 0 Å². The molecule has 0 unspecified atom stereocenters. The first-order valence-corrected chi connectivity index (χ1v) is 7.35. The van der Waals surface area contributed by atoms with E-state index in [2.05, 4.69) is 31.9 Å². The molecule has 0 atom stereocenters. The van der Waals surface area contributed by atoms with Gasteiger partial charge in [-0.2, -0.15) is 0 Å². The number of benzene rings is 2. The second kappa shape index (κ2) is 5.47. The number of carbonyl (C=O) groups is 1. The number of nitrogen functional groups attached to an aromatic ring is 1. The van der Waals surface area contributed by atoms with E-state index in [4.69, 9.17) is 5.73 Å². The van der Waals surface area contributed by atoms with Crippen molar-refractivity contribution >= 4 is 43.3 Å². The van der Waals surface area contributed by atoms with Crippen LogP contribution in [0.15, 0.2) is 39.3 Å². The largest absolute Gasteiger partial charge is 0.399 e. The zero-order valence-electron chi connectivity index (χ0n) is 10.6. The molecule has 0 aliphatic heterocycles. The molecule has 19 heavy (non-hydrogen) atoms. The van der Waals surface area contributed by atoms with Gasteiger partial charge in [0.05, 0.1) is 0 Å². The minimum atomic E-state index is -0.0179. The summed E-state index contributed by atoms with van der Waals surface area (Å²) in [6, 6.07) is 9.11. The number of rotatable bonds is 2. The van der Waals surface area contributed by atoms with Gasteiger partial charge >= 0.3 is 0 Å². The lowest BCUT2D eigenvalue weighted by atomic mass is 10.00. The Morgan fingerprint density at radius 3 is 2.32 bits per heavy atom. The van der Waals surface area contributed by atoms with Crippen molar-refractivity contribution in [3.63, 3.8) is 0 Å². The maximum atomic E-state index is 12.5. The summed E-state index contributed by atoms with van der Waals surface area (Å²) in [7, 11) is 0. The molecule has 0 aliphatic rings. The molecule has 0 bridgehead atoms. The van der Waals surface area contributed by atoms with Gasteiger partial charge in [0.2, 0.25) is 0 Å². The molecule has 0 spiro atoms. The predicted octanol–water partition coefficient (Wildman–Crippen LogP) is 4.64. The monoisotopic (exact) mass is 381 g/mol. The topological polar surface area (TPSA) is 43.1 Å². The first-order chi connectivity index (χ1) is 8.90. The van der Waals surface area contributed by atoms with Gasteiger partial charge in [-0.05, 0) is 55.3 Å². The zero-order valence-corrected chi connectivity index (χ0v) is 13.8. The molecular formula is C15H13Br2NO. The van der Waals surface area contributed by atoms with Crippen LogP contribution in [0.2, 0.25) is 0 Å². The Labute approximate surface area is 129 Å². The predicted molar refractivity (Wildman–Crippen MR) is 85.6 cm³/mol. The van der Waals surface area contributed by atoms with E-state index in [1.165, 1.54) is 0 Å². The molecule has 0 heterocycles. The SMILES string of the molecule is Cc1cc(C(=O)c2cc(Br)c(C)cc2Br)ccc1N. The second-order valence-electron chi connectivity index (χ2n) is 4.48. The lowest BCUT2D eigenvalue weighted by Crippen LogP contribution is -2.04. The summed E-state index contributed by atoms with van der Waals surface area (Å²) in [6.07, 6.45) is 0. The molecule has 2 rings (SSSR count). The minimum absolute atomic E-state index is 0.0179. The van der Waals surface area contributed by atoms with Crippen LogP contribution in [0.3, 0.4) is 0 Å². The molecule has 2 nitrogen and oxygen atoms in total. The molecule has 4 heteroatoms. The van der Waals surface area contributed by atoms with Crippen LogP contribution in [0.4, 0.5) is 5.69 Å². The molecule has 98 valence electrons. The first kappa shape index (κ1) is 14.3. The average molecular weight is 383 g/mol. The molecule has 2 N–H and O–H groups in total. The average Bonchev–Trinajstić information content (AvgIpc) is 2.36. The summed E-state index contributed by atoms with van der Waals surface area (Å²) in [4.78, 5) is 12.5. The molecule has 0 saturated carbocycles. The van der Waals surface area contributed by atoms with E-state index >= 15 is 0 Å². The standard InChI is InChI=1S/C15H13Br2NO/c1-8-6-13(17)11(7-12(8)16)15(19)10-3-4-14(18)9(2)5-10/h3-7H,18H2,1-2H3. The number of hydrogen-bond donors (Lipinski definition) is 1.